The minimum Gasteiger partial charge on any atom is -0.481 e. The number of hydrogen-bond acceptors (Lipinski definition) is 6. The first-order valence-corrected chi connectivity index (χ1v) is 18.8. The second-order valence-corrected chi connectivity index (χ2v) is 15.4. The van der Waals surface area contributed by atoms with E-state index >= 15 is 0 Å². The molecule has 3 aliphatic carbocycles. The van der Waals surface area contributed by atoms with Crippen molar-refractivity contribution < 1.29 is 29.1 Å². The highest BCUT2D eigenvalue weighted by atomic mass is 32.2. The molecule has 0 radical (unpaired) electrons. The van der Waals surface area contributed by atoms with Gasteiger partial charge in [-0.15, -0.1) is 11.8 Å². The summed E-state index contributed by atoms with van der Waals surface area (Å²) in [5.74, 6) is -0.802. The number of nitrogens with one attached hydrogen (secondary N) is 3. The van der Waals surface area contributed by atoms with E-state index in [1.54, 1.807) is 11.8 Å². The van der Waals surface area contributed by atoms with Gasteiger partial charge in [-0.3, -0.25) is 19.2 Å². The van der Waals surface area contributed by atoms with Crippen molar-refractivity contribution in [2.45, 2.75) is 140 Å². The highest BCUT2D eigenvalue weighted by molar-refractivity contribution is 8.00. The van der Waals surface area contributed by atoms with Crippen LogP contribution in [0.5, 0.6) is 0 Å². The Hall–Kier alpha value is -2.50. The summed E-state index contributed by atoms with van der Waals surface area (Å²) in [6.45, 7) is 6.30. The molecule has 0 heterocycles. The van der Waals surface area contributed by atoms with Crippen LogP contribution in [0.15, 0.2) is 0 Å². The molecule has 0 spiro atoms. The lowest BCUT2D eigenvalue weighted by Crippen LogP contribution is -2.52. The van der Waals surface area contributed by atoms with Crippen molar-refractivity contribution in [3.8, 4) is 0 Å². The first-order valence-electron chi connectivity index (χ1n) is 17.8. The first kappa shape index (κ1) is 38.0. The number of thioether (sulfide) groups is 1. The maximum Gasteiger partial charge on any atom is 0.315 e. The van der Waals surface area contributed by atoms with Gasteiger partial charge in [-0.05, 0) is 69.6 Å². The van der Waals surface area contributed by atoms with E-state index in [-0.39, 0.29) is 73.7 Å². The number of carboxylic acids is 1. The Labute approximate surface area is 280 Å². The number of carbonyl (C=O) groups is 5. The summed E-state index contributed by atoms with van der Waals surface area (Å²) in [6.07, 6.45) is 13.8. The maximum atomic E-state index is 13.5. The van der Waals surface area contributed by atoms with E-state index in [2.05, 4.69) is 36.7 Å². The number of hydrogen-bond donors (Lipinski definition) is 4. The van der Waals surface area contributed by atoms with Crippen LogP contribution in [0.25, 0.3) is 0 Å². The second-order valence-electron chi connectivity index (χ2n) is 14.1. The van der Waals surface area contributed by atoms with Gasteiger partial charge in [0.2, 0.25) is 17.7 Å². The van der Waals surface area contributed by atoms with Crippen molar-refractivity contribution in [1.29, 1.82) is 0 Å². The Morgan fingerprint density at radius 3 is 1.98 bits per heavy atom. The second kappa shape index (κ2) is 20.0. The molecule has 3 rings (SSSR count). The summed E-state index contributed by atoms with van der Waals surface area (Å²) in [5.41, 5.74) is 0. The van der Waals surface area contributed by atoms with Crippen molar-refractivity contribution in [3.63, 3.8) is 0 Å². The van der Waals surface area contributed by atoms with Crippen LogP contribution in [0.2, 0.25) is 0 Å². The summed E-state index contributed by atoms with van der Waals surface area (Å²) in [4.78, 5) is 66.6. The van der Waals surface area contributed by atoms with Crippen LogP contribution >= 0.6 is 11.8 Å². The van der Waals surface area contributed by atoms with Crippen molar-refractivity contribution in [2.24, 2.45) is 11.8 Å². The standard InChI is InChI=1S/C34H59N5O6S/c1-24(2)17-19-38(31(41)22-39(20-18-33(43)44)32(42)23-46-28-10-5-4-6-11-28)21-30(40)35-26-13-15-27(16-14-26)36-34(45)37-29-12-8-7-9-25(29)3/h24-29H,4-23H2,1-3H3,(H,35,40)(H,43,44)(H2,36,37,45). The SMILES string of the molecule is CC(C)CCN(CC(=O)NC1CCC(NC(=O)NC2CCCCC2C)CC1)C(=O)CN(CCC(=O)O)C(=O)CSC1CCCCC1. The third-order valence-corrected chi connectivity index (χ3v) is 11.1. The molecule has 2 atom stereocenters. The Morgan fingerprint density at radius 1 is 0.739 bits per heavy atom. The van der Waals surface area contributed by atoms with Crippen molar-refractivity contribution in [2.75, 3.05) is 31.9 Å². The van der Waals surface area contributed by atoms with Crippen LogP contribution in [0, 0.1) is 11.8 Å². The number of carboxylic acid groups (broad SMARTS) is 1. The van der Waals surface area contributed by atoms with Gasteiger partial charge in [-0.2, -0.15) is 0 Å². The third-order valence-electron chi connectivity index (χ3n) is 9.79. The summed E-state index contributed by atoms with van der Waals surface area (Å²) >= 11 is 1.60. The number of nitrogens with zero attached hydrogens (tertiary/aromatic N) is 2. The Balaban J connectivity index is 1.48. The molecule has 12 heteroatoms. The zero-order valence-corrected chi connectivity index (χ0v) is 29.2. The minimum absolute atomic E-state index is 0.0283. The minimum atomic E-state index is -1.02. The predicted molar refractivity (Wildman–Crippen MR) is 181 cm³/mol. The normalized spacial score (nSPS) is 23.7. The predicted octanol–water partition coefficient (Wildman–Crippen LogP) is 4.54. The van der Waals surface area contributed by atoms with Gasteiger partial charge in [-0.1, -0.05) is 52.9 Å². The van der Waals surface area contributed by atoms with Crippen LogP contribution in [0.1, 0.15) is 117 Å². The van der Waals surface area contributed by atoms with Crippen LogP contribution in [-0.4, -0.2) is 99.9 Å². The monoisotopic (exact) mass is 665 g/mol. The molecule has 0 aliphatic heterocycles. The van der Waals surface area contributed by atoms with Crippen molar-refractivity contribution in [1.82, 2.24) is 25.8 Å². The van der Waals surface area contributed by atoms with Crippen molar-refractivity contribution in [3.05, 3.63) is 0 Å². The van der Waals surface area contributed by atoms with Gasteiger partial charge in [0, 0.05) is 36.5 Å². The van der Waals surface area contributed by atoms with E-state index in [0.717, 1.165) is 70.6 Å². The average molecular weight is 666 g/mol. The Kier molecular flexibility index (Phi) is 16.5. The average Bonchev–Trinajstić information content (AvgIpc) is 3.02. The molecule has 5 amide bonds. The van der Waals surface area contributed by atoms with E-state index in [4.69, 9.17) is 0 Å². The summed E-state index contributed by atoms with van der Waals surface area (Å²) in [6, 6.07) is 0.170. The summed E-state index contributed by atoms with van der Waals surface area (Å²) in [5, 5.41) is 19.0. The fourth-order valence-electron chi connectivity index (χ4n) is 6.76. The molecule has 0 aromatic carbocycles. The fraction of sp³-hybridized carbons (Fsp3) is 0.853. The number of carbonyl (C=O) groups excluding carboxylic acids is 4. The largest absolute Gasteiger partial charge is 0.481 e. The van der Waals surface area contributed by atoms with Crippen molar-refractivity contribution >= 4 is 41.5 Å². The lowest BCUT2D eigenvalue weighted by atomic mass is 9.86. The fourth-order valence-corrected chi connectivity index (χ4v) is 7.99. The van der Waals surface area contributed by atoms with Gasteiger partial charge < -0.3 is 30.9 Å². The number of amides is 5. The lowest BCUT2D eigenvalue weighted by molar-refractivity contribution is -0.143. The van der Waals surface area contributed by atoms with E-state index in [9.17, 15) is 29.1 Å². The summed E-state index contributed by atoms with van der Waals surface area (Å²) < 4.78 is 0. The van der Waals surface area contributed by atoms with Gasteiger partial charge in [0.1, 0.15) is 0 Å². The van der Waals surface area contributed by atoms with Gasteiger partial charge >= 0.3 is 12.0 Å². The molecule has 0 saturated heterocycles. The van der Waals surface area contributed by atoms with Crippen LogP contribution in [0.4, 0.5) is 4.79 Å². The lowest BCUT2D eigenvalue weighted by Gasteiger charge is -2.33. The smallest absolute Gasteiger partial charge is 0.315 e. The van der Waals surface area contributed by atoms with E-state index in [1.165, 1.54) is 22.6 Å². The van der Waals surface area contributed by atoms with Gasteiger partial charge in [0.15, 0.2) is 0 Å². The molecular weight excluding hydrogens is 606 g/mol. The topological polar surface area (TPSA) is 148 Å². The van der Waals surface area contributed by atoms with Gasteiger partial charge in [-0.25, -0.2) is 4.79 Å². The number of rotatable bonds is 16. The molecule has 2 unspecified atom stereocenters. The van der Waals surface area contributed by atoms with Gasteiger partial charge in [0.05, 0.1) is 25.3 Å². The quantitative estimate of drug-likeness (QED) is 0.189. The van der Waals surface area contributed by atoms with E-state index < -0.39 is 5.97 Å². The molecular formula is C34H59N5O6S. The third kappa shape index (κ3) is 14.1. The molecule has 0 aromatic heterocycles. The van der Waals surface area contributed by atoms with Crippen LogP contribution in [-0.2, 0) is 19.2 Å². The molecule has 0 aromatic rings. The van der Waals surface area contributed by atoms with Gasteiger partial charge in [0.25, 0.3) is 0 Å². The maximum absolute atomic E-state index is 13.5. The first-order chi connectivity index (χ1) is 22.0. The zero-order valence-electron chi connectivity index (χ0n) is 28.4. The molecule has 46 heavy (non-hydrogen) atoms. The van der Waals surface area contributed by atoms with E-state index in [1.807, 2.05) is 0 Å². The highest BCUT2D eigenvalue weighted by Crippen LogP contribution is 2.28. The molecule has 3 saturated carbocycles. The zero-order chi connectivity index (χ0) is 33.5. The molecule has 4 N–H and O–H groups in total. The molecule has 0 bridgehead atoms. The highest BCUT2D eigenvalue weighted by Gasteiger charge is 2.29. The Morgan fingerprint density at radius 2 is 1.35 bits per heavy atom. The van der Waals surface area contributed by atoms with Crippen LogP contribution < -0.4 is 16.0 Å². The number of urea groups is 1. The van der Waals surface area contributed by atoms with Crippen LogP contribution in [0.3, 0.4) is 0 Å². The Bertz CT molecular complexity index is 999. The molecule has 262 valence electrons. The molecule has 3 fully saturated rings. The number of aliphatic carboxylic acids is 1. The molecule has 3 aliphatic rings. The summed E-state index contributed by atoms with van der Waals surface area (Å²) in [7, 11) is 0. The van der Waals surface area contributed by atoms with E-state index in [0.29, 0.717) is 30.1 Å². The molecule has 11 nitrogen and oxygen atoms in total.